The molecule has 3 aromatic rings. The minimum atomic E-state index is -0.450. The van der Waals surface area contributed by atoms with Crippen LogP contribution >= 0.6 is 0 Å². The van der Waals surface area contributed by atoms with E-state index in [2.05, 4.69) is 15.8 Å². The van der Waals surface area contributed by atoms with Crippen molar-refractivity contribution in [1.29, 1.82) is 0 Å². The number of non-ortho nitro benzene ring substituents is 1. The summed E-state index contributed by atoms with van der Waals surface area (Å²) < 4.78 is 1.80. The Bertz CT molecular complexity index is 993. The molecule has 0 saturated heterocycles. The van der Waals surface area contributed by atoms with Gasteiger partial charge in [0, 0.05) is 29.7 Å². The minimum absolute atomic E-state index is 0.0238. The first-order valence-corrected chi connectivity index (χ1v) is 8.12. The van der Waals surface area contributed by atoms with E-state index in [4.69, 9.17) is 0 Å². The molecule has 0 bridgehead atoms. The normalized spacial score (nSPS) is 10.7. The lowest BCUT2D eigenvalue weighted by molar-refractivity contribution is -0.384. The second kappa shape index (κ2) is 7.96. The highest BCUT2D eigenvalue weighted by Crippen LogP contribution is 2.17. The number of nitrogens with one attached hydrogen (secondary N) is 2. The zero-order chi connectivity index (χ0) is 19.2. The van der Waals surface area contributed by atoms with Gasteiger partial charge in [0.2, 0.25) is 0 Å². The van der Waals surface area contributed by atoms with Gasteiger partial charge < -0.3 is 9.88 Å². The van der Waals surface area contributed by atoms with Crippen LogP contribution < -0.4 is 10.7 Å². The molecule has 8 heteroatoms. The van der Waals surface area contributed by atoms with Gasteiger partial charge in [-0.3, -0.25) is 10.1 Å². The van der Waals surface area contributed by atoms with Crippen LogP contribution in [0, 0.1) is 17.0 Å². The van der Waals surface area contributed by atoms with Crippen molar-refractivity contribution in [3.05, 3.63) is 88.2 Å². The second-order valence-electron chi connectivity index (χ2n) is 5.72. The first kappa shape index (κ1) is 17.9. The number of aromatic nitrogens is 1. The van der Waals surface area contributed by atoms with Crippen molar-refractivity contribution < 1.29 is 9.72 Å². The molecule has 0 radical (unpaired) electrons. The van der Waals surface area contributed by atoms with Crippen molar-refractivity contribution in [2.24, 2.45) is 5.10 Å². The quantitative estimate of drug-likeness (QED) is 0.409. The van der Waals surface area contributed by atoms with Crippen molar-refractivity contribution in [3.8, 4) is 5.69 Å². The molecule has 2 aromatic carbocycles. The molecule has 0 aliphatic rings. The highest BCUT2D eigenvalue weighted by molar-refractivity contribution is 5.91. The number of nitro benzene ring substituents is 1. The number of hydrogen-bond donors (Lipinski definition) is 2. The lowest BCUT2D eigenvalue weighted by atomic mass is 10.2. The zero-order valence-electron chi connectivity index (χ0n) is 14.5. The number of carbonyl (C=O) groups is 1. The number of rotatable bonds is 5. The molecular formula is C19H17N5O3. The molecule has 1 aromatic heterocycles. The molecule has 0 aliphatic carbocycles. The van der Waals surface area contributed by atoms with Crippen LogP contribution in [0.25, 0.3) is 5.69 Å². The first-order chi connectivity index (χ1) is 13.0. The molecule has 8 nitrogen and oxygen atoms in total. The zero-order valence-corrected chi connectivity index (χ0v) is 14.5. The van der Waals surface area contributed by atoms with Crippen molar-refractivity contribution >= 4 is 23.6 Å². The summed E-state index contributed by atoms with van der Waals surface area (Å²) >= 11 is 0. The van der Waals surface area contributed by atoms with E-state index in [1.54, 1.807) is 29.0 Å². The smallest absolute Gasteiger partial charge is 0.316 e. The van der Waals surface area contributed by atoms with Gasteiger partial charge in [-0.25, -0.2) is 10.2 Å². The molecule has 0 saturated carbocycles. The van der Waals surface area contributed by atoms with E-state index in [9.17, 15) is 14.9 Å². The Kier molecular flexibility index (Phi) is 5.27. The second-order valence-corrected chi connectivity index (χ2v) is 5.72. The number of aryl methyl sites for hydroxylation is 1. The van der Waals surface area contributed by atoms with Crippen molar-refractivity contribution in [2.45, 2.75) is 6.92 Å². The number of hydrazone groups is 1. The SMILES string of the molecule is Cc1ccccc1NC(=O)NN=Cc1cccn1-c1ccc([N+](=O)[O-])cc1. The van der Waals surface area contributed by atoms with Crippen LogP contribution in [0.3, 0.4) is 0 Å². The van der Waals surface area contributed by atoms with E-state index >= 15 is 0 Å². The summed E-state index contributed by atoms with van der Waals surface area (Å²) in [5.41, 5.74) is 5.55. The Labute approximate surface area is 155 Å². The van der Waals surface area contributed by atoms with Gasteiger partial charge in [-0.15, -0.1) is 0 Å². The average molecular weight is 363 g/mol. The number of anilines is 1. The molecule has 0 fully saturated rings. The average Bonchev–Trinajstić information content (AvgIpc) is 3.12. The third-order valence-corrected chi connectivity index (χ3v) is 3.88. The van der Waals surface area contributed by atoms with Gasteiger partial charge >= 0.3 is 6.03 Å². The summed E-state index contributed by atoms with van der Waals surface area (Å²) in [4.78, 5) is 22.3. The Hall–Kier alpha value is -3.94. The molecule has 0 spiro atoms. The molecule has 0 aliphatic heterocycles. The molecule has 0 atom stereocenters. The first-order valence-electron chi connectivity index (χ1n) is 8.12. The van der Waals surface area contributed by atoms with E-state index in [1.807, 2.05) is 37.3 Å². The van der Waals surface area contributed by atoms with E-state index in [0.717, 1.165) is 11.3 Å². The largest absolute Gasteiger partial charge is 0.339 e. The third-order valence-electron chi connectivity index (χ3n) is 3.88. The van der Waals surface area contributed by atoms with E-state index in [0.29, 0.717) is 11.4 Å². The van der Waals surface area contributed by atoms with Gasteiger partial charge in [0.05, 0.1) is 16.8 Å². The molecule has 27 heavy (non-hydrogen) atoms. The van der Waals surface area contributed by atoms with E-state index in [1.165, 1.54) is 18.3 Å². The van der Waals surface area contributed by atoms with E-state index in [-0.39, 0.29) is 5.69 Å². The van der Waals surface area contributed by atoms with Crippen molar-refractivity contribution in [2.75, 3.05) is 5.32 Å². The summed E-state index contributed by atoms with van der Waals surface area (Å²) in [7, 11) is 0. The monoisotopic (exact) mass is 363 g/mol. The molecule has 1 heterocycles. The maximum Gasteiger partial charge on any atom is 0.339 e. The topological polar surface area (TPSA) is 102 Å². The third kappa shape index (κ3) is 4.37. The predicted molar refractivity (Wildman–Crippen MR) is 103 cm³/mol. The van der Waals surface area contributed by atoms with Gasteiger partial charge in [0.15, 0.2) is 0 Å². The van der Waals surface area contributed by atoms with Crippen molar-refractivity contribution in [3.63, 3.8) is 0 Å². The van der Waals surface area contributed by atoms with Crippen LogP contribution in [0.2, 0.25) is 0 Å². The predicted octanol–water partition coefficient (Wildman–Crippen LogP) is 3.85. The Morgan fingerprint density at radius 3 is 2.56 bits per heavy atom. The number of urea groups is 1. The van der Waals surface area contributed by atoms with Gasteiger partial charge in [0.1, 0.15) is 0 Å². The fourth-order valence-corrected chi connectivity index (χ4v) is 2.49. The van der Waals surface area contributed by atoms with Gasteiger partial charge in [-0.05, 0) is 42.8 Å². The summed E-state index contributed by atoms with van der Waals surface area (Å²) in [5, 5.41) is 17.4. The maximum absolute atomic E-state index is 11.9. The number of para-hydroxylation sites is 1. The Morgan fingerprint density at radius 2 is 1.85 bits per heavy atom. The molecule has 2 amide bonds. The number of hydrogen-bond acceptors (Lipinski definition) is 4. The van der Waals surface area contributed by atoms with Gasteiger partial charge in [-0.2, -0.15) is 5.10 Å². The van der Waals surface area contributed by atoms with Crippen molar-refractivity contribution in [1.82, 2.24) is 9.99 Å². The molecular weight excluding hydrogens is 346 g/mol. The molecule has 136 valence electrons. The number of nitrogens with zero attached hydrogens (tertiary/aromatic N) is 3. The molecule has 3 rings (SSSR count). The standard InChI is InChI=1S/C19H17N5O3/c1-14-5-2-3-7-18(14)21-19(25)22-20-13-17-6-4-12-23(17)15-8-10-16(11-9-15)24(26)27/h2-13H,1H3,(H2,21,22,25). The number of carbonyl (C=O) groups excluding carboxylic acids is 1. The van der Waals surface area contributed by atoms with Crippen LogP contribution in [0.1, 0.15) is 11.3 Å². The van der Waals surface area contributed by atoms with Gasteiger partial charge in [-0.1, -0.05) is 18.2 Å². The van der Waals surface area contributed by atoms with Crippen LogP contribution in [-0.4, -0.2) is 21.7 Å². The summed E-state index contributed by atoms with van der Waals surface area (Å²) in [6.45, 7) is 1.90. The minimum Gasteiger partial charge on any atom is -0.316 e. The molecule has 2 N–H and O–H groups in total. The van der Waals surface area contributed by atoms with Crippen LogP contribution in [-0.2, 0) is 0 Å². The molecule has 0 unspecified atom stereocenters. The van der Waals surface area contributed by atoms with Gasteiger partial charge in [0.25, 0.3) is 5.69 Å². The maximum atomic E-state index is 11.9. The van der Waals surface area contributed by atoms with Crippen LogP contribution in [0.4, 0.5) is 16.2 Å². The lowest BCUT2D eigenvalue weighted by Crippen LogP contribution is -2.24. The highest BCUT2D eigenvalue weighted by atomic mass is 16.6. The van der Waals surface area contributed by atoms with Crippen LogP contribution in [0.5, 0.6) is 0 Å². The Balaban J connectivity index is 1.66. The summed E-state index contributed by atoms with van der Waals surface area (Å²) in [5.74, 6) is 0. The number of benzene rings is 2. The summed E-state index contributed by atoms with van der Waals surface area (Å²) in [6, 6.07) is 16.8. The number of nitro groups is 1. The Morgan fingerprint density at radius 1 is 1.11 bits per heavy atom. The fourth-order valence-electron chi connectivity index (χ4n) is 2.49. The summed E-state index contributed by atoms with van der Waals surface area (Å²) in [6.07, 6.45) is 3.30. The lowest BCUT2D eigenvalue weighted by Gasteiger charge is -2.07. The van der Waals surface area contributed by atoms with E-state index < -0.39 is 11.0 Å². The van der Waals surface area contributed by atoms with Crippen LogP contribution in [0.15, 0.2) is 72.0 Å². The highest BCUT2D eigenvalue weighted by Gasteiger charge is 2.07. The number of amides is 2. The fraction of sp³-hybridized carbons (Fsp3) is 0.0526.